The van der Waals surface area contributed by atoms with Crippen molar-refractivity contribution in [1.82, 2.24) is 4.98 Å². The minimum absolute atomic E-state index is 0.642. The van der Waals surface area contributed by atoms with E-state index in [0.717, 1.165) is 10.4 Å². The Morgan fingerprint density at radius 1 is 0.895 bits per heavy atom. The van der Waals surface area contributed by atoms with E-state index in [2.05, 4.69) is 4.98 Å². The maximum Gasteiger partial charge on any atom is 0.166 e. The van der Waals surface area contributed by atoms with Crippen LogP contribution in [0.5, 0.6) is 0 Å². The molecule has 0 spiro atoms. The summed E-state index contributed by atoms with van der Waals surface area (Å²) in [6.45, 7) is 0. The van der Waals surface area contributed by atoms with Gasteiger partial charge in [0.1, 0.15) is 0 Å². The van der Waals surface area contributed by atoms with Crippen molar-refractivity contribution in [2.24, 2.45) is 0 Å². The van der Waals surface area contributed by atoms with E-state index in [-0.39, 0.29) is 0 Å². The first-order valence-electron chi connectivity index (χ1n) is 6.05. The number of nitrogens with zero attached hydrogens (tertiary/aromatic N) is 1. The van der Waals surface area contributed by atoms with Gasteiger partial charge in [-0.25, -0.2) is 0 Å². The lowest BCUT2D eigenvalue weighted by molar-refractivity contribution is 0.125. The SMILES string of the molecule is OC(c1ccccc1)(c1ccccn1)c1cccs1. The van der Waals surface area contributed by atoms with Gasteiger partial charge >= 0.3 is 0 Å². The van der Waals surface area contributed by atoms with Crippen molar-refractivity contribution in [2.45, 2.75) is 5.60 Å². The van der Waals surface area contributed by atoms with Gasteiger partial charge in [-0.3, -0.25) is 4.98 Å². The summed E-state index contributed by atoms with van der Waals surface area (Å²) in [5.74, 6) is 0. The zero-order valence-corrected chi connectivity index (χ0v) is 11.0. The molecule has 0 saturated carbocycles. The molecule has 0 saturated heterocycles. The Morgan fingerprint density at radius 2 is 1.68 bits per heavy atom. The van der Waals surface area contributed by atoms with E-state index in [1.165, 1.54) is 11.3 Å². The summed E-state index contributed by atoms with van der Waals surface area (Å²) in [6.07, 6.45) is 1.71. The maximum atomic E-state index is 11.3. The molecule has 0 amide bonds. The van der Waals surface area contributed by atoms with E-state index < -0.39 is 5.60 Å². The molecule has 0 fully saturated rings. The molecule has 0 aliphatic rings. The normalized spacial score (nSPS) is 13.9. The molecule has 2 aromatic heterocycles. The number of aliphatic hydroxyl groups is 1. The summed E-state index contributed by atoms with van der Waals surface area (Å²) in [6, 6.07) is 19.1. The molecule has 3 rings (SSSR count). The molecule has 19 heavy (non-hydrogen) atoms. The van der Waals surface area contributed by atoms with Crippen LogP contribution in [0.2, 0.25) is 0 Å². The number of thiophene rings is 1. The summed E-state index contributed by atoms with van der Waals surface area (Å²) in [5.41, 5.74) is 0.288. The number of hydrogen-bond donors (Lipinski definition) is 1. The highest BCUT2D eigenvalue weighted by atomic mass is 32.1. The quantitative estimate of drug-likeness (QED) is 0.788. The lowest BCUT2D eigenvalue weighted by Crippen LogP contribution is -2.28. The molecule has 0 aliphatic heterocycles. The van der Waals surface area contributed by atoms with Crippen molar-refractivity contribution in [3.05, 3.63) is 88.4 Å². The van der Waals surface area contributed by atoms with E-state index in [1.807, 2.05) is 66.0 Å². The van der Waals surface area contributed by atoms with Crippen LogP contribution in [-0.4, -0.2) is 10.1 Å². The lowest BCUT2D eigenvalue weighted by Gasteiger charge is -2.27. The summed E-state index contributed by atoms with van der Waals surface area (Å²) in [7, 11) is 0. The van der Waals surface area contributed by atoms with Gasteiger partial charge in [0.05, 0.1) is 5.69 Å². The van der Waals surface area contributed by atoms with Crippen molar-refractivity contribution < 1.29 is 5.11 Å². The van der Waals surface area contributed by atoms with Gasteiger partial charge in [-0.15, -0.1) is 11.3 Å². The highest BCUT2D eigenvalue weighted by molar-refractivity contribution is 7.10. The van der Waals surface area contributed by atoms with Gasteiger partial charge in [0.25, 0.3) is 0 Å². The van der Waals surface area contributed by atoms with Crippen LogP contribution in [0.15, 0.2) is 72.2 Å². The van der Waals surface area contributed by atoms with Crippen molar-refractivity contribution in [2.75, 3.05) is 0 Å². The average Bonchev–Trinajstić information content (AvgIpc) is 3.03. The molecule has 2 nitrogen and oxygen atoms in total. The molecular weight excluding hydrogens is 254 g/mol. The molecule has 1 unspecified atom stereocenters. The summed E-state index contributed by atoms with van der Waals surface area (Å²) >= 11 is 1.53. The molecule has 3 aromatic rings. The monoisotopic (exact) mass is 267 g/mol. The first-order valence-corrected chi connectivity index (χ1v) is 6.93. The third-order valence-electron chi connectivity index (χ3n) is 3.10. The van der Waals surface area contributed by atoms with Gasteiger partial charge in [0.2, 0.25) is 0 Å². The second-order valence-electron chi connectivity index (χ2n) is 4.27. The molecular formula is C16H13NOS. The van der Waals surface area contributed by atoms with E-state index in [9.17, 15) is 5.11 Å². The summed E-state index contributed by atoms with van der Waals surface area (Å²) < 4.78 is 0. The standard InChI is InChI=1S/C16H13NOS/c18-16(15-10-6-12-19-15,13-7-2-1-3-8-13)14-9-4-5-11-17-14/h1-12,18H. The Kier molecular flexibility index (Phi) is 3.15. The average molecular weight is 267 g/mol. The second kappa shape index (κ2) is 4.96. The molecule has 3 heteroatoms. The van der Waals surface area contributed by atoms with Crippen LogP contribution in [0.4, 0.5) is 0 Å². The first kappa shape index (κ1) is 12.1. The molecule has 1 atom stereocenters. The fourth-order valence-electron chi connectivity index (χ4n) is 2.16. The van der Waals surface area contributed by atoms with E-state index in [1.54, 1.807) is 6.20 Å². The Labute approximate surface area is 116 Å². The highest BCUT2D eigenvalue weighted by Crippen LogP contribution is 2.37. The smallest absolute Gasteiger partial charge is 0.166 e. The van der Waals surface area contributed by atoms with Crippen molar-refractivity contribution in [3.63, 3.8) is 0 Å². The van der Waals surface area contributed by atoms with Gasteiger partial charge in [0.15, 0.2) is 5.60 Å². The van der Waals surface area contributed by atoms with Crippen LogP contribution in [-0.2, 0) is 5.60 Å². The molecule has 2 heterocycles. The van der Waals surface area contributed by atoms with Crippen LogP contribution in [0.1, 0.15) is 16.1 Å². The molecule has 1 N–H and O–H groups in total. The van der Waals surface area contributed by atoms with Gasteiger partial charge in [-0.2, -0.15) is 0 Å². The lowest BCUT2D eigenvalue weighted by atomic mass is 9.88. The number of hydrogen-bond acceptors (Lipinski definition) is 3. The zero-order chi connectivity index (χ0) is 13.1. The first-order chi connectivity index (χ1) is 9.32. The Balaban J connectivity index is 2.23. The van der Waals surface area contributed by atoms with Crippen molar-refractivity contribution >= 4 is 11.3 Å². The molecule has 0 radical (unpaired) electrons. The minimum atomic E-state index is -1.18. The van der Waals surface area contributed by atoms with Crippen LogP contribution in [0, 0.1) is 0 Å². The van der Waals surface area contributed by atoms with Gasteiger partial charge in [-0.05, 0) is 29.1 Å². The van der Waals surface area contributed by atoms with E-state index >= 15 is 0 Å². The highest BCUT2D eigenvalue weighted by Gasteiger charge is 2.35. The Bertz CT molecular complexity index is 596. The van der Waals surface area contributed by atoms with Crippen molar-refractivity contribution in [1.29, 1.82) is 0 Å². The fraction of sp³-hybridized carbons (Fsp3) is 0.0625. The Hall–Kier alpha value is -1.97. The predicted molar refractivity (Wildman–Crippen MR) is 77.1 cm³/mol. The summed E-state index contributed by atoms with van der Waals surface area (Å²) in [5, 5.41) is 13.2. The number of aromatic nitrogens is 1. The van der Waals surface area contributed by atoms with E-state index in [4.69, 9.17) is 0 Å². The topological polar surface area (TPSA) is 33.1 Å². The number of benzene rings is 1. The van der Waals surface area contributed by atoms with Gasteiger partial charge in [-0.1, -0.05) is 42.5 Å². The summed E-state index contributed by atoms with van der Waals surface area (Å²) in [4.78, 5) is 5.21. The molecule has 0 aliphatic carbocycles. The maximum absolute atomic E-state index is 11.3. The zero-order valence-electron chi connectivity index (χ0n) is 10.2. The second-order valence-corrected chi connectivity index (χ2v) is 5.22. The van der Waals surface area contributed by atoms with Crippen LogP contribution >= 0.6 is 11.3 Å². The van der Waals surface area contributed by atoms with Crippen LogP contribution < -0.4 is 0 Å². The molecule has 0 bridgehead atoms. The van der Waals surface area contributed by atoms with Crippen LogP contribution in [0.25, 0.3) is 0 Å². The van der Waals surface area contributed by atoms with Crippen molar-refractivity contribution in [3.8, 4) is 0 Å². The minimum Gasteiger partial charge on any atom is -0.374 e. The fourth-order valence-corrected chi connectivity index (χ4v) is 3.01. The van der Waals surface area contributed by atoms with Gasteiger partial charge in [0, 0.05) is 11.1 Å². The predicted octanol–water partition coefficient (Wildman–Crippen LogP) is 3.43. The van der Waals surface area contributed by atoms with Crippen LogP contribution in [0.3, 0.4) is 0 Å². The Morgan fingerprint density at radius 3 is 2.32 bits per heavy atom. The third kappa shape index (κ3) is 2.07. The number of pyridine rings is 1. The van der Waals surface area contributed by atoms with E-state index in [0.29, 0.717) is 5.69 Å². The third-order valence-corrected chi connectivity index (χ3v) is 4.08. The van der Waals surface area contributed by atoms with Gasteiger partial charge < -0.3 is 5.11 Å². The molecule has 1 aromatic carbocycles. The molecule has 94 valence electrons. The number of rotatable bonds is 3. The largest absolute Gasteiger partial charge is 0.374 e.